The largest absolute Gasteiger partial charge is 0.0991 e. The lowest BCUT2D eigenvalue weighted by Crippen LogP contribution is -1.73. The Morgan fingerprint density at radius 1 is 1.10 bits per heavy atom. The molecule has 0 rings (SSSR count). The SMILES string of the molecule is C=C/C=C\C(C)=C(/C)C=C. The highest BCUT2D eigenvalue weighted by Crippen LogP contribution is 2.04. The smallest absolute Gasteiger partial charge is 0.0395 e. The molecular weight excluding hydrogens is 120 g/mol. The van der Waals surface area contributed by atoms with Gasteiger partial charge in [-0.25, -0.2) is 0 Å². The van der Waals surface area contributed by atoms with Crippen molar-refractivity contribution >= 4 is 0 Å². The van der Waals surface area contributed by atoms with Gasteiger partial charge in [0, 0.05) is 0 Å². The summed E-state index contributed by atoms with van der Waals surface area (Å²) >= 11 is 0. The van der Waals surface area contributed by atoms with Crippen LogP contribution in [0.15, 0.2) is 48.6 Å². The molecule has 0 atom stereocenters. The van der Waals surface area contributed by atoms with E-state index in [1.54, 1.807) is 6.08 Å². The third kappa shape index (κ3) is 3.08. The van der Waals surface area contributed by atoms with E-state index < -0.39 is 0 Å². The Morgan fingerprint density at radius 2 is 1.70 bits per heavy atom. The highest BCUT2D eigenvalue weighted by Gasteiger charge is 1.84. The van der Waals surface area contributed by atoms with E-state index in [-0.39, 0.29) is 0 Å². The molecule has 0 aliphatic rings. The van der Waals surface area contributed by atoms with Crippen LogP contribution in [0.1, 0.15) is 13.8 Å². The molecule has 0 bridgehead atoms. The molecule has 0 unspecified atom stereocenters. The van der Waals surface area contributed by atoms with Crippen molar-refractivity contribution < 1.29 is 0 Å². The van der Waals surface area contributed by atoms with Crippen LogP contribution in [0.25, 0.3) is 0 Å². The first-order chi connectivity index (χ1) is 4.72. The van der Waals surface area contributed by atoms with Crippen molar-refractivity contribution in [1.82, 2.24) is 0 Å². The third-order valence-electron chi connectivity index (χ3n) is 1.41. The predicted molar refractivity (Wildman–Crippen MR) is 47.9 cm³/mol. The zero-order chi connectivity index (χ0) is 7.98. The van der Waals surface area contributed by atoms with Crippen molar-refractivity contribution in [1.29, 1.82) is 0 Å². The van der Waals surface area contributed by atoms with E-state index in [0.717, 1.165) is 0 Å². The molecule has 0 aliphatic carbocycles. The summed E-state index contributed by atoms with van der Waals surface area (Å²) in [6, 6.07) is 0. The van der Waals surface area contributed by atoms with Gasteiger partial charge in [-0.1, -0.05) is 37.5 Å². The number of allylic oxidation sites excluding steroid dienone is 6. The van der Waals surface area contributed by atoms with Gasteiger partial charge in [-0.3, -0.25) is 0 Å². The quantitative estimate of drug-likeness (QED) is 0.520. The lowest BCUT2D eigenvalue weighted by molar-refractivity contribution is 1.38. The highest BCUT2D eigenvalue weighted by molar-refractivity contribution is 5.30. The van der Waals surface area contributed by atoms with Crippen LogP contribution in [-0.4, -0.2) is 0 Å². The molecule has 0 amide bonds. The summed E-state index contributed by atoms with van der Waals surface area (Å²) in [5.74, 6) is 0. The molecule has 0 nitrogen and oxygen atoms in total. The fraction of sp³-hybridized carbons (Fsp3) is 0.200. The van der Waals surface area contributed by atoms with Gasteiger partial charge in [-0.05, 0) is 25.0 Å². The van der Waals surface area contributed by atoms with Crippen molar-refractivity contribution in [2.45, 2.75) is 13.8 Å². The van der Waals surface area contributed by atoms with E-state index in [0.29, 0.717) is 0 Å². The van der Waals surface area contributed by atoms with Gasteiger partial charge in [0.15, 0.2) is 0 Å². The molecule has 0 spiro atoms. The molecule has 0 N–H and O–H groups in total. The molecule has 0 saturated heterocycles. The first-order valence-electron chi connectivity index (χ1n) is 3.31. The predicted octanol–water partition coefficient (Wildman–Crippen LogP) is 3.25. The van der Waals surface area contributed by atoms with Crippen LogP contribution in [0.4, 0.5) is 0 Å². The van der Waals surface area contributed by atoms with Crippen LogP contribution >= 0.6 is 0 Å². The minimum absolute atomic E-state index is 1.21. The average Bonchev–Trinajstić information content (AvgIpc) is 1.98. The number of hydrogen-bond donors (Lipinski definition) is 0. The lowest BCUT2D eigenvalue weighted by atomic mass is 10.1. The van der Waals surface area contributed by atoms with E-state index in [4.69, 9.17) is 0 Å². The fourth-order valence-corrected chi connectivity index (χ4v) is 0.505. The summed E-state index contributed by atoms with van der Waals surface area (Å²) in [6.07, 6.45) is 7.55. The minimum atomic E-state index is 1.21. The zero-order valence-corrected chi connectivity index (χ0v) is 6.72. The Hall–Kier alpha value is -1.04. The normalized spacial score (nSPS) is 13.0. The maximum Gasteiger partial charge on any atom is -0.0395 e. The molecule has 0 radical (unpaired) electrons. The summed E-state index contributed by atoms with van der Waals surface area (Å²) in [4.78, 5) is 0. The molecule has 54 valence electrons. The Morgan fingerprint density at radius 3 is 2.10 bits per heavy atom. The number of hydrogen-bond acceptors (Lipinski definition) is 0. The van der Waals surface area contributed by atoms with Crippen LogP contribution in [0, 0.1) is 0 Å². The highest BCUT2D eigenvalue weighted by atomic mass is 13.9. The molecular formula is C10H14. The lowest BCUT2D eigenvalue weighted by Gasteiger charge is -1.93. The van der Waals surface area contributed by atoms with Crippen LogP contribution in [0.2, 0.25) is 0 Å². The summed E-state index contributed by atoms with van der Waals surface area (Å²) in [7, 11) is 0. The van der Waals surface area contributed by atoms with E-state index in [1.807, 2.05) is 25.2 Å². The fourth-order valence-electron chi connectivity index (χ4n) is 0.505. The van der Waals surface area contributed by atoms with Gasteiger partial charge in [0.1, 0.15) is 0 Å². The molecule has 0 heteroatoms. The van der Waals surface area contributed by atoms with Gasteiger partial charge in [0.25, 0.3) is 0 Å². The Balaban J connectivity index is 4.31. The molecule has 0 saturated carbocycles. The van der Waals surface area contributed by atoms with Gasteiger partial charge < -0.3 is 0 Å². The minimum Gasteiger partial charge on any atom is -0.0991 e. The van der Waals surface area contributed by atoms with Gasteiger partial charge in [0.2, 0.25) is 0 Å². The van der Waals surface area contributed by atoms with Gasteiger partial charge in [0.05, 0.1) is 0 Å². The van der Waals surface area contributed by atoms with Gasteiger partial charge >= 0.3 is 0 Å². The standard InChI is InChI=1S/C10H14/c1-5-7-8-10(4)9(3)6-2/h5-8H,1-2H2,3-4H3/b8-7-,10-9+. The van der Waals surface area contributed by atoms with Gasteiger partial charge in [-0.15, -0.1) is 0 Å². The van der Waals surface area contributed by atoms with Crippen molar-refractivity contribution in [3.05, 3.63) is 48.6 Å². The maximum atomic E-state index is 3.67. The van der Waals surface area contributed by atoms with E-state index in [1.165, 1.54) is 11.1 Å². The molecule has 0 heterocycles. The molecule has 0 fully saturated rings. The van der Waals surface area contributed by atoms with Crippen molar-refractivity contribution in [2.24, 2.45) is 0 Å². The Kier molecular flexibility index (Phi) is 4.30. The molecule has 10 heavy (non-hydrogen) atoms. The van der Waals surface area contributed by atoms with Crippen LogP contribution in [0.3, 0.4) is 0 Å². The summed E-state index contributed by atoms with van der Waals surface area (Å²) in [6.45, 7) is 11.3. The topological polar surface area (TPSA) is 0 Å². The zero-order valence-electron chi connectivity index (χ0n) is 6.72. The van der Waals surface area contributed by atoms with Gasteiger partial charge in [-0.2, -0.15) is 0 Å². The van der Waals surface area contributed by atoms with Crippen LogP contribution in [-0.2, 0) is 0 Å². The van der Waals surface area contributed by atoms with Crippen molar-refractivity contribution in [3.63, 3.8) is 0 Å². The number of rotatable bonds is 3. The molecule has 0 aromatic heterocycles. The Labute approximate surface area is 63.3 Å². The molecule has 0 aromatic rings. The average molecular weight is 134 g/mol. The maximum absolute atomic E-state index is 3.67. The Bertz CT molecular complexity index is 180. The first kappa shape index (κ1) is 8.96. The van der Waals surface area contributed by atoms with E-state index in [9.17, 15) is 0 Å². The second kappa shape index (κ2) is 4.80. The summed E-state index contributed by atoms with van der Waals surface area (Å²) in [5.41, 5.74) is 2.44. The second-order valence-electron chi connectivity index (χ2n) is 2.16. The summed E-state index contributed by atoms with van der Waals surface area (Å²) < 4.78 is 0. The molecule has 0 aromatic carbocycles. The van der Waals surface area contributed by atoms with E-state index >= 15 is 0 Å². The van der Waals surface area contributed by atoms with Crippen LogP contribution in [0.5, 0.6) is 0 Å². The second-order valence-corrected chi connectivity index (χ2v) is 2.16. The molecule has 0 aliphatic heterocycles. The van der Waals surface area contributed by atoms with Crippen molar-refractivity contribution in [2.75, 3.05) is 0 Å². The van der Waals surface area contributed by atoms with E-state index in [2.05, 4.69) is 20.1 Å². The van der Waals surface area contributed by atoms with Crippen LogP contribution < -0.4 is 0 Å². The monoisotopic (exact) mass is 134 g/mol. The van der Waals surface area contributed by atoms with Crippen molar-refractivity contribution in [3.8, 4) is 0 Å². The third-order valence-corrected chi connectivity index (χ3v) is 1.41. The first-order valence-corrected chi connectivity index (χ1v) is 3.31. The summed E-state index contributed by atoms with van der Waals surface area (Å²) in [5, 5.41) is 0.